The second kappa shape index (κ2) is 12.5. The lowest BCUT2D eigenvalue weighted by Crippen LogP contribution is -2.51. The second-order valence-corrected chi connectivity index (χ2v) is 12.3. The molecule has 0 aromatic heterocycles. The minimum atomic E-state index is -4.02. The Kier molecular flexibility index (Phi) is 9.34. The third-order valence-electron chi connectivity index (χ3n) is 6.84. The summed E-state index contributed by atoms with van der Waals surface area (Å²) in [6.45, 7) is 4.29. The van der Waals surface area contributed by atoms with Crippen LogP contribution in [0.15, 0.2) is 53.4 Å². The number of hydrogen-bond acceptors (Lipinski definition) is 9. The van der Waals surface area contributed by atoms with Crippen molar-refractivity contribution in [2.24, 2.45) is 11.8 Å². The number of aliphatic hydroxyl groups excluding tert-OH is 1. The average molecular weight is 565 g/mol. The molecule has 0 bridgehead atoms. The van der Waals surface area contributed by atoms with Gasteiger partial charge in [-0.3, -0.25) is 0 Å². The number of phenolic OH excluding ortho intramolecular Hbond substituents is 2. The average Bonchev–Trinajstić information content (AvgIpc) is 3.50. The van der Waals surface area contributed by atoms with Crippen molar-refractivity contribution in [3.8, 4) is 11.5 Å². The first-order valence-electron chi connectivity index (χ1n) is 13.0. The topological polar surface area (TPSA) is 155 Å². The van der Waals surface area contributed by atoms with Crippen molar-refractivity contribution < 1.29 is 42.7 Å². The van der Waals surface area contributed by atoms with Gasteiger partial charge in [-0.05, 0) is 60.7 Å². The molecule has 0 radical (unpaired) electrons. The molecule has 2 aliphatic heterocycles. The molecule has 0 aliphatic carbocycles. The number of nitrogens with one attached hydrogen (secondary N) is 1. The molecule has 4 N–H and O–H groups in total. The number of nitrogens with zero attached hydrogens (tertiary/aromatic N) is 1. The Hall–Kier alpha value is -2.90. The number of aromatic hydroxyl groups is 2. The van der Waals surface area contributed by atoms with Crippen molar-refractivity contribution in [1.29, 1.82) is 0 Å². The largest absolute Gasteiger partial charge is 0.508 e. The Bertz CT molecular complexity index is 1200. The molecule has 0 spiro atoms. The molecule has 2 saturated heterocycles. The summed E-state index contributed by atoms with van der Waals surface area (Å²) < 4.78 is 44.7. The number of rotatable bonds is 11. The molecule has 2 aromatic rings. The highest BCUT2D eigenvalue weighted by Gasteiger charge is 2.44. The van der Waals surface area contributed by atoms with E-state index in [4.69, 9.17) is 14.2 Å². The maximum atomic E-state index is 13.5. The Balaban J connectivity index is 1.52. The van der Waals surface area contributed by atoms with Crippen LogP contribution in [0.2, 0.25) is 0 Å². The van der Waals surface area contributed by atoms with Gasteiger partial charge in [0.25, 0.3) is 0 Å². The zero-order valence-corrected chi connectivity index (χ0v) is 22.8. The monoisotopic (exact) mass is 564 g/mol. The molecule has 1 unspecified atom stereocenters. The number of phenols is 2. The highest BCUT2D eigenvalue weighted by atomic mass is 32.2. The summed E-state index contributed by atoms with van der Waals surface area (Å²) in [5, 5.41) is 33.3. The molecular formula is C27H36N2O9S. The van der Waals surface area contributed by atoms with Gasteiger partial charge in [-0.25, -0.2) is 13.2 Å². The van der Waals surface area contributed by atoms with Crippen LogP contribution in [-0.4, -0.2) is 85.0 Å². The zero-order chi connectivity index (χ0) is 28.2. The van der Waals surface area contributed by atoms with E-state index in [0.717, 1.165) is 0 Å². The number of benzene rings is 2. The Labute approximate surface area is 228 Å². The standard InChI is InChI=1S/C27H36N2O9S/c1-17(2)14-29(39(34,35)21-9-7-20(31)8-10-21)15-24(32)23(13-18-3-5-19(30)6-4-18)28-27(33)38-25-16-37-26-22(25)11-12-36-26/h3-10,17,22-26,30-32H,11-16H2,1-2H3,(H,28,33)/t22-,23-,24+,25?,26+/m0/s1. The number of aliphatic hydroxyl groups is 1. The van der Waals surface area contributed by atoms with Crippen molar-refractivity contribution in [2.75, 3.05) is 26.3 Å². The number of sulfonamides is 1. The van der Waals surface area contributed by atoms with E-state index in [-0.39, 0.29) is 54.3 Å². The summed E-state index contributed by atoms with van der Waals surface area (Å²) in [7, 11) is -4.02. The number of carbonyl (C=O) groups is 1. The Morgan fingerprint density at radius 2 is 1.69 bits per heavy atom. The van der Waals surface area contributed by atoms with Crippen LogP contribution in [0, 0.1) is 11.8 Å². The van der Waals surface area contributed by atoms with Gasteiger partial charge in [0, 0.05) is 13.1 Å². The van der Waals surface area contributed by atoms with E-state index >= 15 is 0 Å². The molecule has 2 aliphatic rings. The molecule has 12 heteroatoms. The van der Waals surface area contributed by atoms with E-state index in [2.05, 4.69) is 5.32 Å². The number of ether oxygens (including phenoxy) is 3. The number of fused-ring (bicyclic) bond motifs is 1. The van der Waals surface area contributed by atoms with Crippen LogP contribution in [0.3, 0.4) is 0 Å². The van der Waals surface area contributed by atoms with Crippen LogP contribution in [0.1, 0.15) is 25.8 Å². The third kappa shape index (κ3) is 7.40. The van der Waals surface area contributed by atoms with Crippen LogP contribution >= 0.6 is 0 Å². The molecule has 0 saturated carbocycles. The van der Waals surface area contributed by atoms with E-state index in [1.807, 2.05) is 13.8 Å². The molecule has 4 rings (SSSR count). The fourth-order valence-electron chi connectivity index (χ4n) is 4.82. The predicted molar refractivity (Wildman–Crippen MR) is 141 cm³/mol. The van der Waals surface area contributed by atoms with Crippen molar-refractivity contribution in [3.63, 3.8) is 0 Å². The number of alkyl carbamates (subject to hydrolysis) is 1. The molecule has 2 aromatic carbocycles. The Morgan fingerprint density at radius 3 is 2.33 bits per heavy atom. The highest BCUT2D eigenvalue weighted by molar-refractivity contribution is 7.89. The van der Waals surface area contributed by atoms with Gasteiger partial charge in [-0.1, -0.05) is 26.0 Å². The molecule has 2 fully saturated rings. The number of carbonyl (C=O) groups excluding carboxylic acids is 1. The van der Waals surface area contributed by atoms with Crippen molar-refractivity contribution in [2.45, 2.75) is 56.1 Å². The lowest BCUT2D eigenvalue weighted by Gasteiger charge is -2.31. The quantitative estimate of drug-likeness (QED) is 0.321. The molecule has 1 amide bonds. The van der Waals surface area contributed by atoms with E-state index < -0.39 is 40.7 Å². The number of hydrogen-bond donors (Lipinski definition) is 4. The predicted octanol–water partition coefficient (Wildman–Crippen LogP) is 2.20. The second-order valence-electron chi connectivity index (χ2n) is 10.4. The summed E-state index contributed by atoms with van der Waals surface area (Å²) in [5.74, 6) is -0.111. The highest BCUT2D eigenvalue weighted by Crippen LogP contribution is 2.33. The van der Waals surface area contributed by atoms with Crippen LogP contribution in [0.4, 0.5) is 4.79 Å². The van der Waals surface area contributed by atoms with Crippen molar-refractivity contribution in [1.82, 2.24) is 9.62 Å². The van der Waals surface area contributed by atoms with Gasteiger partial charge in [-0.2, -0.15) is 4.31 Å². The lowest BCUT2D eigenvalue weighted by molar-refractivity contribution is -0.0907. The van der Waals surface area contributed by atoms with Gasteiger partial charge in [-0.15, -0.1) is 0 Å². The summed E-state index contributed by atoms with van der Waals surface area (Å²) in [6.07, 6.45) is -2.08. The van der Waals surface area contributed by atoms with Gasteiger partial charge in [0.1, 0.15) is 17.6 Å². The van der Waals surface area contributed by atoms with Crippen molar-refractivity contribution >= 4 is 16.1 Å². The lowest BCUT2D eigenvalue weighted by atomic mass is 10.0. The fourth-order valence-corrected chi connectivity index (χ4v) is 6.44. The van der Waals surface area contributed by atoms with Crippen LogP contribution in [0.25, 0.3) is 0 Å². The van der Waals surface area contributed by atoms with Gasteiger partial charge >= 0.3 is 6.09 Å². The first-order valence-corrected chi connectivity index (χ1v) is 14.4. The van der Waals surface area contributed by atoms with Gasteiger partial charge < -0.3 is 34.8 Å². The minimum absolute atomic E-state index is 0.0230. The first-order chi connectivity index (χ1) is 18.5. The van der Waals surface area contributed by atoms with Gasteiger partial charge in [0.15, 0.2) is 6.29 Å². The zero-order valence-electron chi connectivity index (χ0n) is 22.0. The molecular weight excluding hydrogens is 528 g/mol. The van der Waals surface area contributed by atoms with Gasteiger partial charge in [0.05, 0.1) is 36.2 Å². The normalized spacial score (nSPS) is 22.5. The molecule has 11 nitrogen and oxygen atoms in total. The maximum absolute atomic E-state index is 13.5. The number of amides is 1. The molecule has 214 valence electrons. The van der Waals surface area contributed by atoms with Gasteiger partial charge in [0.2, 0.25) is 10.0 Å². The third-order valence-corrected chi connectivity index (χ3v) is 8.68. The van der Waals surface area contributed by atoms with E-state index in [0.29, 0.717) is 18.6 Å². The van der Waals surface area contributed by atoms with Crippen molar-refractivity contribution in [3.05, 3.63) is 54.1 Å². The van der Waals surface area contributed by atoms with Crippen LogP contribution < -0.4 is 5.32 Å². The molecule has 5 atom stereocenters. The van der Waals surface area contributed by atoms with E-state index in [9.17, 15) is 28.5 Å². The first kappa shape index (κ1) is 29.1. The molecule has 2 heterocycles. The summed E-state index contributed by atoms with van der Waals surface area (Å²) in [5.41, 5.74) is 0.711. The van der Waals surface area contributed by atoms with Crippen LogP contribution in [0.5, 0.6) is 11.5 Å². The van der Waals surface area contributed by atoms with Crippen LogP contribution in [-0.2, 0) is 30.7 Å². The summed E-state index contributed by atoms with van der Waals surface area (Å²) in [6, 6.07) is 10.6. The smallest absolute Gasteiger partial charge is 0.407 e. The SMILES string of the molecule is CC(C)CN(C[C@@H](O)[C@H](Cc1ccc(O)cc1)NC(=O)OC1CO[C@H]2OCC[C@@H]12)S(=O)(=O)c1ccc(O)cc1. The maximum Gasteiger partial charge on any atom is 0.407 e. The Morgan fingerprint density at radius 1 is 1.05 bits per heavy atom. The van der Waals surface area contributed by atoms with E-state index in [1.165, 1.54) is 40.7 Å². The summed E-state index contributed by atoms with van der Waals surface area (Å²) >= 11 is 0. The fraction of sp³-hybridized carbons (Fsp3) is 0.519. The summed E-state index contributed by atoms with van der Waals surface area (Å²) in [4.78, 5) is 12.9. The van der Waals surface area contributed by atoms with E-state index in [1.54, 1.807) is 12.1 Å². The minimum Gasteiger partial charge on any atom is -0.508 e. The molecule has 39 heavy (non-hydrogen) atoms.